The number of carboxylic acid groups (broad SMARTS) is 1. The summed E-state index contributed by atoms with van der Waals surface area (Å²) in [6.45, 7) is 1.65. The van der Waals surface area contributed by atoms with Crippen molar-refractivity contribution >= 4 is 12.0 Å². The molecule has 130 valence electrons. The predicted molar refractivity (Wildman–Crippen MR) is 85.1 cm³/mol. The fraction of sp³-hybridized carbons (Fsp3) is 0.882. The molecule has 0 bridgehead atoms. The summed E-state index contributed by atoms with van der Waals surface area (Å²) in [5, 5.41) is 12.6. The van der Waals surface area contributed by atoms with Crippen molar-refractivity contribution < 1.29 is 19.4 Å². The van der Waals surface area contributed by atoms with Gasteiger partial charge in [-0.15, -0.1) is 0 Å². The van der Waals surface area contributed by atoms with Crippen LogP contribution in [0.5, 0.6) is 0 Å². The first-order valence-corrected chi connectivity index (χ1v) is 8.84. The molecular formula is C17H28N2O4. The molecule has 3 fully saturated rings. The smallest absolute Gasteiger partial charge is 0.317 e. The molecule has 0 aromatic rings. The van der Waals surface area contributed by atoms with Crippen LogP contribution in [0.15, 0.2) is 0 Å². The van der Waals surface area contributed by atoms with Crippen molar-refractivity contribution in [1.29, 1.82) is 0 Å². The van der Waals surface area contributed by atoms with Gasteiger partial charge in [0, 0.05) is 26.7 Å². The summed E-state index contributed by atoms with van der Waals surface area (Å²) >= 11 is 0. The Bertz CT molecular complexity index is 462. The SMILES string of the molecule is COC1CCC(CNC(=O)N2C[C@@H]3CCC[C@@]3(C(=O)O)C2)CC1. The van der Waals surface area contributed by atoms with Gasteiger partial charge in [0.15, 0.2) is 0 Å². The molecule has 0 spiro atoms. The number of likely N-dealkylation sites (tertiary alicyclic amines) is 1. The van der Waals surface area contributed by atoms with E-state index in [9.17, 15) is 14.7 Å². The van der Waals surface area contributed by atoms with E-state index in [1.165, 1.54) is 0 Å². The van der Waals surface area contributed by atoms with Crippen LogP contribution in [0.25, 0.3) is 0 Å². The summed E-state index contributed by atoms with van der Waals surface area (Å²) in [6.07, 6.45) is 7.26. The van der Waals surface area contributed by atoms with Gasteiger partial charge in [0.05, 0.1) is 11.5 Å². The van der Waals surface area contributed by atoms with Gasteiger partial charge in [-0.25, -0.2) is 4.79 Å². The van der Waals surface area contributed by atoms with Gasteiger partial charge >= 0.3 is 12.0 Å². The Morgan fingerprint density at radius 2 is 2.00 bits per heavy atom. The van der Waals surface area contributed by atoms with Crippen molar-refractivity contribution in [2.75, 3.05) is 26.7 Å². The third-order valence-electron chi connectivity index (χ3n) is 6.25. The zero-order chi connectivity index (χ0) is 16.4. The minimum absolute atomic E-state index is 0.0890. The monoisotopic (exact) mass is 324 g/mol. The molecule has 6 nitrogen and oxygen atoms in total. The van der Waals surface area contributed by atoms with Crippen LogP contribution in [-0.2, 0) is 9.53 Å². The van der Waals surface area contributed by atoms with Gasteiger partial charge in [-0.1, -0.05) is 6.42 Å². The molecule has 1 heterocycles. The number of nitrogens with one attached hydrogen (secondary N) is 1. The molecule has 1 aliphatic heterocycles. The molecule has 3 rings (SSSR count). The number of methoxy groups -OCH3 is 1. The van der Waals surface area contributed by atoms with Crippen molar-refractivity contribution in [2.45, 2.75) is 51.0 Å². The Morgan fingerprint density at radius 3 is 2.61 bits per heavy atom. The fourth-order valence-electron chi connectivity index (χ4n) is 4.71. The standard InChI is InChI=1S/C17H28N2O4/c1-23-14-6-4-12(5-7-14)9-18-16(22)19-10-13-3-2-8-17(13,11-19)15(20)21/h12-14H,2-11H2,1H3,(H,18,22)(H,20,21)/t12?,13-,14?,17+/m0/s1. The zero-order valence-corrected chi connectivity index (χ0v) is 13.9. The highest BCUT2D eigenvalue weighted by Crippen LogP contribution is 2.48. The average Bonchev–Trinajstić information content (AvgIpc) is 3.11. The zero-order valence-electron chi connectivity index (χ0n) is 13.9. The Kier molecular flexibility index (Phi) is 4.80. The Hall–Kier alpha value is -1.30. The van der Waals surface area contributed by atoms with E-state index >= 15 is 0 Å². The lowest BCUT2D eigenvalue weighted by Gasteiger charge is -2.28. The van der Waals surface area contributed by atoms with Crippen LogP contribution >= 0.6 is 0 Å². The van der Waals surface area contributed by atoms with E-state index in [2.05, 4.69) is 5.32 Å². The van der Waals surface area contributed by atoms with Crippen molar-refractivity contribution in [3.63, 3.8) is 0 Å². The van der Waals surface area contributed by atoms with Gasteiger partial charge < -0.3 is 20.1 Å². The predicted octanol–water partition coefficient (Wildman–Crippen LogP) is 2.09. The molecular weight excluding hydrogens is 296 g/mol. The van der Waals surface area contributed by atoms with Crippen LogP contribution in [0, 0.1) is 17.3 Å². The highest BCUT2D eigenvalue weighted by molar-refractivity contribution is 5.80. The number of fused-ring (bicyclic) bond motifs is 1. The molecule has 6 heteroatoms. The Balaban J connectivity index is 1.48. The second-order valence-corrected chi connectivity index (χ2v) is 7.50. The number of amides is 2. The topological polar surface area (TPSA) is 78.9 Å². The van der Waals surface area contributed by atoms with Gasteiger partial charge in [-0.05, 0) is 50.4 Å². The number of urea groups is 1. The lowest BCUT2D eigenvalue weighted by Crippen LogP contribution is -2.43. The number of hydrogen-bond donors (Lipinski definition) is 2. The maximum Gasteiger partial charge on any atom is 0.317 e. The quantitative estimate of drug-likeness (QED) is 0.830. The molecule has 2 saturated carbocycles. The normalized spacial score (nSPS) is 36.7. The summed E-state index contributed by atoms with van der Waals surface area (Å²) in [4.78, 5) is 25.8. The van der Waals surface area contributed by atoms with E-state index in [4.69, 9.17) is 4.74 Å². The molecule has 2 amide bonds. The number of aliphatic carboxylic acids is 1. The van der Waals surface area contributed by atoms with E-state index in [0.29, 0.717) is 38.1 Å². The summed E-state index contributed by atoms with van der Waals surface area (Å²) < 4.78 is 5.37. The minimum atomic E-state index is -0.729. The highest BCUT2D eigenvalue weighted by atomic mass is 16.5. The van der Waals surface area contributed by atoms with E-state index in [1.807, 2.05) is 0 Å². The molecule has 2 aliphatic carbocycles. The number of hydrogen-bond acceptors (Lipinski definition) is 3. The van der Waals surface area contributed by atoms with Crippen molar-refractivity contribution in [1.82, 2.24) is 10.2 Å². The van der Waals surface area contributed by atoms with Crippen LogP contribution in [0.2, 0.25) is 0 Å². The van der Waals surface area contributed by atoms with Gasteiger partial charge in [0.25, 0.3) is 0 Å². The summed E-state index contributed by atoms with van der Waals surface area (Å²) in [5.74, 6) is -0.0861. The maximum absolute atomic E-state index is 12.4. The number of carbonyl (C=O) groups excluding carboxylic acids is 1. The second-order valence-electron chi connectivity index (χ2n) is 7.50. The van der Waals surface area contributed by atoms with Gasteiger partial charge in [-0.3, -0.25) is 4.79 Å². The number of ether oxygens (including phenoxy) is 1. The van der Waals surface area contributed by atoms with Crippen LogP contribution in [0.3, 0.4) is 0 Å². The van der Waals surface area contributed by atoms with Crippen molar-refractivity contribution in [3.8, 4) is 0 Å². The van der Waals surface area contributed by atoms with Crippen LogP contribution in [0.1, 0.15) is 44.9 Å². The first kappa shape index (κ1) is 16.6. The first-order chi connectivity index (χ1) is 11.0. The second kappa shape index (κ2) is 6.67. The van der Waals surface area contributed by atoms with Gasteiger partial charge in [0.2, 0.25) is 0 Å². The summed E-state index contributed by atoms with van der Waals surface area (Å²) in [6, 6.07) is -0.0890. The highest BCUT2D eigenvalue weighted by Gasteiger charge is 2.55. The number of rotatable bonds is 4. The van der Waals surface area contributed by atoms with Crippen LogP contribution < -0.4 is 5.32 Å². The lowest BCUT2D eigenvalue weighted by molar-refractivity contribution is -0.149. The molecule has 3 aliphatic rings. The maximum atomic E-state index is 12.4. The summed E-state index contributed by atoms with van der Waals surface area (Å²) in [7, 11) is 1.76. The molecule has 1 saturated heterocycles. The molecule has 0 aromatic heterocycles. The average molecular weight is 324 g/mol. The van der Waals surface area contributed by atoms with E-state index in [-0.39, 0.29) is 11.9 Å². The van der Waals surface area contributed by atoms with Crippen LogP contribution in [0.4, 0.5) is 4.79 Å². The van der Waals surface area contributed by atoms with Gasteiger partial charge in [0.1, 0.15) is 0 Å². The van der Waals surface area contributed by atoms with Crippen molar-refractivity contribution in [2.24, 2.45) is 17.3 Å². The third-order valence-corrected chi connectivity index (χ3v) is 6.25. The van der Waals surface area contributed by atoms with Crippen molar-refractivity contribution in [3.05, 3.63) is 0 Å². The van der Waals surface area contributed by atoms with Gasteiger partial charge in [-0.2, -0.15) is 0 Å². The van der Waals surface area contributed by atoms with E-state index in [0.717, 1.165) is 38.5 Å². The molecule has 23 heavy (non-hydrogen) atoms. The Morgan fingerprint density at radius 1 is 1.26 bits per heavy atom. The molecule has 2 atom stereocenters. The third kappa shape index (κ3) is 3.18. The summed E-state index contributed by atoms with van der Waals surface area (Å²) in [5.41, 5.74) is -0.687. The largest absolute Gasteiger partial charge is 0.481 e. The minimum Gasteiger partial charge on any atom is -0.481 e. The molecule has 0 aromatic carbocycles. The number of carboxylic acids is 1. The van der Waals surface area contributed by atoms with E-state index < -0.39 is 11.4 Å². The van der Waals surface area contributed by atoms with Crippen LogP contribution in [-0.4, -0.2) is 54.9 Å². The number of carbonyl (C=O) groups is 2. The molecule has 0 radical (unpaired) electrons. The molecule has 0 unspecified atom stereocenters. The molecule has 2 N–H and O–H groups in total. The lowest BCUT2D eigenvalue weighted by atomic mass is 9.81. The first-order valence-electron chi connectivity index (χ1n) is 8.84. The Labute approximate surface area is 137 Å². The van der Waals surface area contributed by atoms with E-state index in [1.54, 1.807) is 12.0 Å². The number of nitrogens with zero attached hydrogens (tertiary/aromatic N) is 1. The fourth-order valence-corrected chi connectivity index (χ4v) is 4.71.